The van der Waals surface area contributed by atoms with E-state index in [0.717, 1.165) is 0 Å². The van der Waals surface area contributed by atoms with Crippen molar-refractivity contribution in [2.45, 2.75) is 18.4 Å². The lowest BCUT2D eigenvalue weighted by Crippen LogP contribution is -2.52. The van der Waals surface area contributed by atoms with Gasteiger partial charge in [0.1, 0.15) is 6.10 Å². The minimum atomic E-state index is -3.15. The number of alkyl halides is 2. The van der Waals surface area contributed by atoms with Crippen molar-refractivity contribution in [1.29, 1.82) is 0 Å². The Kier molecular flexibility index (Phi) is 4.62. The molecule has 1 atom stereocenters. The van der Waals surface area contributed by atoms with Crippen LogP contribution in [0.4, 0.5) is 14.5 Å². The first-order chi connectivity index (χ1) is 10.3. The first-order valence-electron chi connectivity index (χ1n) is 6.72. The summed E-state index contributed by atoms with van der Waals surface area (Å²) in [5.74, 6) is 2.13. The van der Waals surface area contributed by atoms with Gasteiger partial charge in [0.15, 0.2) is 0 Å². The van der Waals surface area contributed by atoms with Crippen LogP contribution in [-0.2, 0) is 0 Å². The largest absolute Gasteiger partial charge is 0.403 e. The number of carbonyl (C=O) groups is 1. The summed E-state index contributed by atoms with van der Waals surface area (Å²) in [4.78, 5) is 13.6. The normalized spacial score (nSPS) is 21.1. The molecule has 1 saturated heterocycles. The van der Waals surface area contributed by atoms with Crippen molar-refractivity contribution in [1.82, 2.24) is 4.90 Å². The van der Waals surface area contributed by atoms with Crippen LogP contribution < -0.4 is 16.6 Å². The van der Waals surface area contributed by atoms with Crippen molar-refractivity contribution in [2.24, 2.45) is 11.6 Å². The molecule has 1 heterocycles. The van der Waals surface area contributed by atoms with Crippen LogP contribution in [0.5, 0.6) is 0 Å². The van der Waals surface area contributed by atoms with Crippen molar-refractivity contribution in [2.75, 3.05) is 18.1 Å². The fourth-order valence-electron chi connectivity index (χ4n) is 2.23. The highest BCUT2D eigenvalue weighted by molar-refractivity contribution is 5.95. The fourth-order valence-corrected chi connectivity index (χ4v) is 2.23. The first-order valence-corrected chi connectivity index (χ1v) is 6.72. The van der Waals surface area contributed by atoms with Gasteiger partial charge in [-0.2, -0.15) is 0 Å². The van der Waals surface area contributed by atoms with E-state index in [9.17, 15) is 18.7 Å². The zero-order valence-electron chi connectivity index (χ0n) is 11.8. The van der Waals surface area contributed by atoms with Gasteiger partial charge in [0.05, 0.1) is 12.2 Å². The van der Waals surface area contributed by atoms with Crippen LogP contribution in [0, 0.1) is 0 Å². The maximum Gasteiger partial charge on any atom is 0.276 e. The van der Waals surface area contributed by atoms with Crippen molar-refractivity contribution in [3.63, 3.8) is 0 Å². The van der Waals surface area contributed by atoms with E-state index in [4.69, 9.17) is 11.6 Å². The summed E-state index contributed by atoms with van der Waals surface area (Å²) in [5.41, 5.74) is 6.07. The number of hydrogen-bond donors (Lipinski definition) is 3. The minimum absolute atomic E-state index is 0.109. The molecule has 2 rings (SSSR count). The van der Waals surface area contributed by atoms with E-state index in [0.29, 0.717) is 11.3 Å². The van der Waals surface area contributed by atoms with Gasteiger partial charge >= 0.3 is 0 Å². The number of rotatable bonds is 3. The molecule has 6 nitrogen and oxygen atoms in total. The number of β-amino-alcohol motifs (C(OH)–C–C–N with tert-alkyl or cyclic N) is 1. The number of likely N-dealkylation sites (tertiary alicyclic amines) is 1. The Morgan fingerprint density at radius 2 is 2.23 bits per heavy atom. The summed E-state index contributed by atoms with van der Waals surface area (Å²) in [6.45, 7) is -0.507. The Morgan fingerprint density at radius 3 is 2.86 bits per heavy atom. The topological polar surface area (TPSA) is 95.8 Å². The monoisotopic (exact) mass is 312 g/mol. The Labute approximate surface area is 126 Å². The molecule has 1 aliphatic rings. The lowest BCUT2D eigenvalue weighted by molar-refractivity contribution is -0.141. The van der Waals surface area contributed by atoms with E-state index in [1.807, 2.05) is 0 Å². The van der Waals surface area contributed by atoms with E-state index < -0.39 is 30.9 Å². The van der Waals surface area contributed by atoms with Gasteiger partial charge in [-0.05, 0) is 18.2 Å². The molecule has 1 fully saturated rings. The van der Waals surface area contributed by atoms with Crippen LogP contribution in [-0.4, -0.2) is 41.0 Å². The number of piperidine rings is 1. The van der Waals surface area contributed by atoms with Crippen LogP contribution in [0.3, 0.4) is 0 Å². The summed E-state index contributed by atoms with van der Waals surface area (Å²) in [5, 5.41) is 10.7. The third-order valence-corrected chi connectivity index (χ3v) is 3.52. The van der Waals surface area contributed by atoms with Crippen LogP contribution in [0.15, 0.2) is 36.7 Å². The molecule has 0 spiro atoms. The second kappa shape index (κ2) is 6.29. The van der Waals surface area contributed by atoms with Crippen molar-refractivity contribution in [3.8, 4) is 0 Å². The number of halogens is 2. The molecule has 0 aromatic heterocycles. The third kappa shape index (κ3) is 3.34. The van der Waals surface area contributed by atoms with Crippen LogP contribution in [0.1, 0.15) is 16.8 Å². The Hall–Kier alpha value is -2.19. The molecule has 0 bridgehead atoms. The van der Waals surface area contributed by atoms with Crippen LogP contribution in [0.25, 0.3) is 0 Å². The number of hydrogen-bond acceptors (Lipinski definition) is 5. The summed E-state index contributed by atoms with van der Waals surface area (Å²) >= 11 is 0. The average Bonchev–Trinajstić information content (AvgIpc) is 2.50. The molecule has 22 heavy (non-hydrogen) atoms. The molecule has 1 aromatic rings. The van der Waals surface area contributed by atoms with E-state index in [1.165, 1.54) is 28.4 Å². The maximum absolute atomic E-state index is 13.3. The molecule has 0 radical (unpaired) electrons. The Morgan fingerprint density at radius 1 is 1.50 bits per heavy atom. The smallest absolute Gasteiger partial charge is 0.276 e. The highest BCUT2D eigenvalue weighted by Crippen LogP contribution is 2.29. The van der Waals surface area contributed by atoms with Gasteiger partial charge in [0.25, 0.3) is 11.8 Å². The van der Waals surface area contributed by atoms with Crippen molar-refractivity contribution in [3.05, 3.63) is 42.2 Å². The van der Waals surface area contributed by atoms with Gasteiger partial charge in [0.2, 0.25) is 0 Å². The number of amides is 1. The molecular weight excluding hydrogens is 294 g/mol. The van der Waals surface area contributed by atoms with Crippen molar-refractivity contribution >= 4 is 11.6 Å². The lowest BCUT2D eigenvalue weighted by Gasteiger charge is -2.35. The van der Waals surface area contributed by atoms with E-state index in [1.54, 1.807) is 18.2 Å². The molecule has 5 N–H and O–H groups in total. The highest BCUT2D eigenvalue weighted by Gasteiger charge is 2.44. The van der Waals surface area contributed by atoms with E-state index in [2.05, 4.69) is 0 Å². The minimum Gasteiger partial charge on any atom is -0.403 e. The number of nitrogens with two attached hydrogens (primary N) is 2. The lowest BCUT2D eigenvalue weighted by atomic mass is 10.0. The number of nitrogens with zero attached hydrogens (tertiary/aromatic N) is 2. The molecule has 1 unspecified atom stereocenters. The van der Waals surface area contributed by atoms with Gasteiger partial charge in [-0.15, -0.1) is 0 Å². The quantitative estimate of drug-likeness (QED) is 0.562. The van der Waals surface area contributed by atoms with Gasteiger partial charge in [-0.3, -0.25) is 9.80 Å². The number of aliphatic hydroxyl groups is 1. The molecule has 0 aliphatic carbocycles. The number of anilines is 1. The second-order valence-corrected chi connectivity index (χ2v) is 5.08. The Balaban J connectivity index is 2.15. The molecule has 1 amide bonds. The van der Waals surface area contributed by atoms with Gasteiger partial charge < -0.3 is 15.7 Å². The zero-order chi connectivity index (χ0) is 16.3. The molecule has 8 heteroatoms. The number of hydrazine groups is 1. The van der Waals surface area contributed by atoms with Crippen molar-refractivity contribution < 1.29 is 18.7 Å². The predicted molar refractivity (Wildman–Crippen MR) is 77.9 cm³/mol. The van der Waals surface area contributed by atoms with E-state index in [-0.39, 0.29) is 6.54 Å². The van der Waals surface area contributed by atoms with Gasteiger partial charge in [0, 0.05) is 30.9 Å². The maximum atomic E-state index is 13.3. The molecule has 1 aromatic carbocycles. The average molecular weight is 312 g/mol. The van der Waals surface area contributed by atoms with Gasteiger partial charge in [-0.1, -0.05) is 6.07 Å². The number of carbonyl (C=O) groups excluding carboxylic acids is 1. The molecule has 0 saturated carbocycles. The standard InChI is InChI=1S/C14H18F2N4O2/c15-14(16)4-6-19(9-12(14)21)13(22)10-2-1-3-11(8-10)20(18)7-5-17/h1-3,5,7-8,12,21H,4,6,9,17-18H2/b7-5-. The summed E-state index contributed by atoms with van der Waals surface area (Å²) < 4.78 is 26.5. The number of benzene rings is 1. The van der Waals surface area contributed by atoms with E-state index >= 15 is 0 Å². The fraction of sp³-hybridized carbons (Fsp3) is 0.357. The third-order valence-electron chi connectivity index (χ3n) is 3.52. The SMILES string of the molecule is N/C=C\N(N)c1cccc(C(=O)N2CCC(F)(F)C(O)C2)c1. The van der Waals surface area contributed by atoms with Crippen LogP contribution in [0.2, 0.25) is 0 Å². The zero-order valence-corrected chi connectivity index (χ0v) is 11.8. The predicted octanol–water partition coefficient (Wildman–Crippen LogP) is 0.639. The second-order valence-electron chi connectivity index (χ2n) is 5.08. The van der Waals surface area contributed by atoms with Gasteiger partial charge in [-0.25, -0.2) is 14.6 Å². The summed E-state index contributed by atoms with van der Waals surface area (Å²) in [6, 6.07) is 6.39. The highest BCUT2D eigenvalue weighted by atomic mass is 19.3. The van der Waals surface area contributed by atoms with Crippen LogP contribution >= 0.6 is 0 Å². The Bertz CT molecular complexity index is 580. The molecular formula is C14H18F2N4O2. The molecule has 120 valence electrons. The summed E-state index contributed by atoms with van der Waals surface area (Å²) in [7, 11) is 0. The number of aliphatic hydroxyl groups excluding tert-OH is 1. The summed E-state index contributed by atoms with van der Waals surface area (Å²) in [6.07, 6.45) is 0.254. The first kappa shape index (κ1) is 16.2. The molecule has 1 aliphatic heterocycles.